The Hall–Kier alpha value is -0.0800. The Morgan fingerprint density at radius 2 is 2.06 bits per heavy atom. The molecular formula is C16H29NO. The summed E-state index contributed by atoms with van der Waals surface area (Å²) in [5.41, 5.74) is 5.83. The second kappa shape index (κ2) is 4.49. The highest BCUT2D eigenvalue weighted by Gasteiger charge is 2.61. The van der Waals surface area contributed by atoms with Crippen LogP contribution in [-0.2, 0) is 0 Å². The van der Waals surface area contributed by atoms with Gasteiger partial charge in [0.05, 0.1) is 5.60 Å². The molecule has 2 heteroatoms. The summed E-state index contributed by atoms with van der Waals surface area (Å²) in [5, 5.41) is 11.4. The molecular weight excluding hydrogens is 222 g/mol. The van der Waals surface area contributed by atoms with Crippen molar-refractivity contribution in [1.82, 2.24) is 0 Å². The summed E-state index contributed by atoms with van der Waals surface area (Å²) >= 11 is 0. The van der Waals surface area contributed by atoms with Crippen molar-refractivity contribution in [3.05, 3.63) is 0 Å². The molecule has 3 aliphatic rings. The summed E-state index contributed by atoms with van der Waals surface area (Å²) in [4.78, 5) is 0. The van der Waals surface area contributed by atoms with Crippen LogP contribution in [0.3, 0.4) is 0 Å². The fraction of sp³-hybridized carbons (Fsp3) is 1.00. The van der Waals surface area contributed by atoms with E-state index in [1.807, 2.05) is 0 Å². The van der Waals surface area contributed by atoms with Gasteiger partial charge in [0.1, 0.15) is 0 Å². The van der Waals surface area contributed by atoms with E-state index in [2.05, 4.69) is 6.92 Å². The molecule has 0 aliphatic heterocycles. The van der Waals surface area contributed by atoms with Crippen LogP contribution in [0.25, 0.3) is 0 Å². The van der Waals surface area contributed by atoms with Crippen LogP contribution < -0.4 is 5.73 Å². The fourth-order valence-electron chi connectivity index (χ4n) is 5.62. The van der Waals surface area contributed by atoms with Gasteiger partial charge in [-0.25, -0.2) is 0 Å². The van der Waals surface area contributed by atoms with Crippen LogP contribution in [0.2, 0.25) is 0 Å². The molecule has 0 heterocycles. The molecule has 2 bridgehead atoms. The standard InChI is InChI=1S/C16H29NO/c1-2-12-4-3-7-16(18,10-12)15(11-17)9-13-5-6-14(15)8-13/h12-14,18H,2-11,17H2,1H3. The lowest BCUT2D eigenvalue weighted by Gasteiger charge is -2.53. The number of rotatable bonds is 3. The third-order valence-electron chi connectivity index (χ3n) is 6.67. The number of hydrogen-bond acceptors (Lipinski definition) is 2. The Morgan fingerprint density at radius 1 is 1.22 bits per heavy atom. The van der Waals surface area contributed by atoms with Crippen molar-refractivity contribution in [2.45, 2.75) is 70.3 Å². The average molecular weight is 251 g/mol. The molecule has 18 heavy (non-hydrogen) atoms. The highest BCUT2D eigenvalue weighted by molar-refractivity contribution is 5.12. The Bertz CT molecular complexity index is 318. The first kappa shape index (κ1) is 12.9. The zero-order chi connectivity index (χ0) is 12.8. The van der Waals surface area contributed by atoms with Gasteiger partial charge in [-0.05, 0) is 49.9 Å². The van der Waals surface area contributed by atoms with Crippen molar-refractivity contribution in [2.24, 2.45) is 28.9 Å². The number of nitrogens with two attached hydrogens (primary N) is 1. The maximum absolute atomic E-state index is 11.4. The molecule has 5 atom stereocenters. The van der Waals surface area contributed by atoms with Crippen molar-refractivity contribution in [1.29, 1.82) is 0 Å². The molecule has 0 radical (unpaired) electrons. The van der Waals surface area contributed by atoms with Gasteiger partial charge in [0.15, 0.2) is 0 Å². The average Bonchev–Trinajstić information content (AvgIpc) is 2.99. The lowest BCUT2D eigenvalue weighted by molar-refractivity contribution is -0.141. The quantitative estimate of drug-likeness (QED) is 0.809. The molecule has 3 N–H and O–H groups in total. The van der Waals surface area contributed by atoms with Crippen molar-refractivity contribution >= 4 is 0 Å². The van der Waals surface area contributed by atoms with Crippen molar-refractivity contribution < 1.29 is 5.11 Å². The zero-order valence-electron chi connectivity index (χ0n) is 11.8. The zero-order valence-corrected chi connectivity index (χ0v) is 11.8. The van der Waals surface area contributed by atoms with E-state index in [9.17, 15) is 5.11 Å². The smallest absolute Gasteiger partial charge is 0.0721 e. The maximum Gasteiger partial charge on any atom is 0.0721 e. The summed E-state index contributed by atoms with van der Waals surface area (Å²) in [6.07, 6.45) is 11.0. The van der Waals surface area contributed by atoms with E-state index < -0.39 is 5.60 Å². The third-order valence-corrected chi connectivity index (χ3v) is 6.67. The molecule has 3 aliphatic carbocycles. The monoisotopic (exact) mass is 251 g/mol. The van der Waals surface area contributed by atoms with Gasteiger partial charge in [-0.3, -0.25) is 0 Å². The van der Waals surface area contributed by atoms with Gasteiger partial charge in [-0.2, -0.15) is 0 Å². The van der Waals surface area contributed by atoms with E-state index in [-0.39, 0.29) is 5.41 Å². The van der Waals surface area contributed by atoms with Crippen LogP contribution >= 0.6 is 0 Å². The van der Waals surface area contributed by atoms with Gasteiger partial charge >= 0.3 is 0 Å². The second-order valence-electron chi connectivity index (χ2n) is 7.34. The van der Waals surface area contributed by atoms with Crippen LogP contribution in [-0.4, -0.2) is 17.3 Å². The first-order valence-corrected chi connectivity index (χ1v) is 8.06. The maximum atomic E-state index is 11.4. The van der Waals surface area contributed by atoms with Crippen LogP contribution in [0.15, 0.2) is 0 Å². The number of aliphatic hydroxyl groups is 1. The first-order valence-electron chi connectivity index (χ1n) is 8.06. The van der Waals surface area contributed by atoms with Gasteiger partial charge < -0.3 is 10.8 Å². The molecule has 0 aromatic heterocycles. The molecule has 0 aromatic carbocycles. The molecule has 2 nitrogen and oxygen atoms in total. The fourth-order valence-corrected chi connectivity index (χ4v) is 5.62. The van der Waals surface area contributed by atoms with Crippen LogP contribution in [0, 0.1) is 23.2 Å². The summed E-state index contributed by atoms with van der Waals surface area (Å²) in [5.74, 6) is 2.31. The molecule has 0 spiro atoms. The van der Waals surface area contributed by atoms with Gasteiger partial charge in [-0.15, -0.1) is 0 Å². The number of hydrogen-bond donors (Lipinski definition) is 2. The van der Waals surface area contributed by atoms with Gasteiger partial charge in [0.25, 0.3) is 0 Å². The van der Waals surface area contributed by atoms with Crippen LogP contribution in [0.1, 0.15) is 64.7 Å². The second-order valence-corrected chi connectivity index (χ2v) is 7.34. The summed E-state index contributed by atoms with van der Waals surface area (Å²) in [6, 6.07) is 0. The third kappa shape index (κ3) is 1.68. The van der Waals surface area contributed by atoms with E-state index in [4.69, 9.17) is 5.73 Å². The Balaban J connectivity index is 1.86. The molecule has 0 saturated heterocycles. The minimum Gasteiger partial charge on any atom is -0.389 e. The van der Waals surface area contributed by atoms with Crippen molar-refractivity contribution in [3.8, 4) is 0 Å². The van der Waals surface area contributed by atoms with Gasteiger partial charge in [0.2, 0.25) is 0 Å². The van der Waals surface area contributed by atoms with E-state index in [0.717, 1.165) is 24.7 Å². The topological polar surface area (TPSA) is 46.2 Å². The highest BCUT2D eigenvalue weighted by Crippen LogP contribution is 2.63. The number of fused-ring (bicyclic) bond motifs is 2. The Kier molecular flexibility index (Phi) is 3.22. The molecule has 104 valence electrons. The summed E-state index contributed by atoms with van der Waals surface area (Å²) in [6.45, 7) is 2.98. The SMILES string of the molecule is CCC1CCCC(O)(C2(CN)CC3CCC2C3)C1. The Labute approximate surface area is 111 Å². The Morgan fingerprint density at radius 3 is 2.61 bits per heavy atom. The van der Waals surface area contributed by atoms with Gasteiger partial charge in [-0.1, -0.05) is 32.6 Å². The van der Waals surface area contributed by atoms with Crippen molar-refractivity contribution in [3.63, 3.8) is 0 Å². The minimum absolute atomic E-state index is 0.0732. The molecule has 0 amide bonds. The van der Waals surface area contributed by atoms with E-state index in [1.54, 1.807) is 0 Å². The minimum atomic E-state index is -0.444. The lowest BCUT2D eigenvalue weighted by atomic mass is 9.56. The molecule has 3 saturated carbocycles. The van der Waals surface area contributed by atoms with E-state index in [0.29, 0.717) is 12.5 Å². The predicted molar refractivity (Wildman–Crippen MR) is 74.1 cm³/mol. The van der Waals surface area contributed by atoms with Crippen LogP contribution in [0.5, 0.6) is 0 Å². The molecule has 3 fully saturated rings. The van der Waals surface area contributed by atoms with Crippen LogP contribution in [0.4, 0.5) is 0 Å². The summed E-state index contributed by atoms with van der Waals surface area (Å²) < 4.78 is 0. The highest BCUT2D eigenvalue weighted by atomic mass is 16.3. The largest absolute Gasteiger partial charge is 0.389 e. The summed E-state index contributed by atoms with van der Waals surface area (Å²) in [7, 11) is 0. The molecule has 3 rings (SSSR count). The van der Waals surface area contributed by atoms with E-state index >= 15 is 0 Å². The van der Waals surface area contributed by atoms with Crippen molar-refractivity contribution in [2.75, 3.05) is 6.54 Å². The molecule has 5 unspecified atom stereocenters. The first-order chi connectivity index (χ1) is 8.63. The van der Waals surface area contributed by atoms with E-state index in [1.165, 1.54) is 44.9 Å². The van der Waals surface area contributed by atoms with Gasteiger partial charge in [0, 0.05) is 12.0 Å². The normalized spacial score (nSPS) is 51.8. The molecule has 0 aromatic rings. The lowest BCUT2D eigenvalue weighted by Crippen LogP contribution is -2.57. The predicted octanol–water partition coefficient (Wildman–Crippen LogP) is 3.08.